The van der Waals surface area contributed by atoms with E-state index in [-0.39, 0.29) is 15.5 Å². The van der Waals surface area contributed by atoms with Gasteiger partial charge in [-0.15, -0.1) is 11.3 Å². The van der Waals surface area contributed by atoms with Crippen molar-refractivity contribution in [2.24, 2.45) is 0 Å². The zero-order valence-corrected chi connectivity index (χ0v) is 16.1. The second-order valence-corrected chi connectivity index (χ2v) is 8.66. The fourth-order valence-corrected chi connectivity index (χ4v) is 3.66. The third kappa shape index (κ3) is 4.66. The van der Waals surface area contributed by atoms with Crippen LogP contribution in [0.25, 0.3) is 0 Å². The predicted octanol–water partition coefficient (Wildman–Crippen LogP) is 2.54. The van der Waals surface area contributed by atoms with Crippen molar-refractivity contribution in [2.45, 2.75) is 17.7 Å². The highest BCUT2D eigenvalue weighted by Gasteiger charge is 2.25. The summed E-state index contributed by atoms with van der Waals surface area (Å²) in [6.07, 6.45) is 0.988. The number of aryl methyl sites for hydroxylation is 1. The molecular weight excluding hydrogens is 400 g/mol. The topological polar surface area (TPSA) is 114 Å². The number of benzene rings is 1. The van der Waals surface area contributed by atoms with Crippen LogP contribution in [0.15, 0.2) is 28.5 Å². The SMILES string of the molecule is Cc1csc([C@H](C#N)C(=O)COC(=O)c2cc(S(C)(=O)=O)ccc2Cl)n1. The van der Waals surface area contributed by atoms with Crippen molar-refractivity contribution in [3.63, 3.8) is 0 Å². The minimum absolute atomic E-state index is 0.0118. The van der Waals surface area contributed by atoms with Gasteiger partial charge in [0.1, 0.15) is 5.01 Å². The standard InChI is InChI=1S/C16H13ClN2O5S2/c1-9-8-25-15(19-9)12(6-18)14(20)7-24-16(21)11-5-10(26(2,22)23)3-4-13(11)17/h3-5,8,12H,7H2,1-2H3/t12-/m1/s1. The van der Waals surface area contributed by atoms with E-state index in [1.165, 1.54) is 23.5 Å². The van der Waals surface area contributed by atoms with Crippen molar-refractivity contribution >= 4 is 44.5 Å². The molecule has 0 aliphatic rings. The molecule has 2 aromatic rings. The van der Waals surface area contributed by atoms with Gasteiger partial charge in [0, 0.05) is 17.3 Å². The summed E-state index contributed by atoms with van der Waals surface area (Å²) in [4.78, 5) is 28.3. The molecule has 0 spiro atoms. The zero-order chi connectivity index (χ0) is 19.5. The average Bonchev–Trinajstić information content (AvgIpc) is 2.98. The van der Waals surface area contributed by atoms with Gasteiger partial charge in [0.15, 0.2) is 28.1 Å². The lowest BCUT2D eigenvalue weighted by atomic mass is 10.1. The Morgan fingerprint density at radius 2 is 2.12 bits per heavy atom. The Balaban J connectivity index is 2.13. The van der Waals surface area contributed by atoms with Crippen LogP contribution in [0.1, 0.15) is 27.0 Å². The number of carbonyl (C=O) groups is 2. The third-order valence-electron chi connectivity index (χ3n) is 3.27. The summed E-state index contributed by atoms with van der Waals surface area (Å²) >= 11 is 7.07. The first-order chi connectivity index (χ1) is 12.1. The van der Waals surface area contributed by atoms with Crippen molar-refractivity contribution in [1.82, 2.24) is 4.98 Å². The molecule has 0 saturated heterocycles. The molecule has 2 rings (SSSR count). The molecule has 136 valence electrons. The number of nitrogens with zero attached hydrogens (tertiary/aromatic N) is 2. The predicted molar refractivity (Wildman–Crippen MR) is 95.1 cm³/mol. The van der Waals surface area contributed by atoms with Gasteiger partial charge < -0.3 is 4.74 Å². The Kier molecular flexibility index (Phi) is 6.13. The average molecular weight is 413 g/mol. The zero-order valence-electron chi connectivity index (χ0n) is 13.7. The summed E-state index contributed by atoms with van der Waals surface area (Å²) in [5.74, 6) is -2.73. The number of sulfone groups is 1. The van der Waals surface area contributed by atoms with Gasteiger partial charge >= 0.3 is 5.97 Å². The summed E-state index contributed by atoms with van der Waals surface area (Å²) in [6.45, 7) is 1.07. The van der Waals surface area contributed by atoms with Gasteiger partial charge in [0.05, 0.1) is 21.6 Å². The molecule has 10 heteroatoms. The first-order valence-corrected chi connectivity index (χ1v) is 10.3. The molecule has 1 atom stereocenters. The molecule has 0 unspecified atom stereocenters. The molecule has 1 aromatic heterocycles. The van der Waals surface area contributed by atoms with Gasteiger partial charge in [-0.05, 0) is 25.1 Å². The van der Waals surface area contributed by atoms with Crippen LogP contribution in [0, 0.1) is 18.3 Å². The molecule has 0 radical (unpaired) electrons. The molecule has 0 aliphatic heterocycles. The number of nitriles is 1. The smallest absolute Gasteiger partial charge is 0.340 e. The molecule has 0 saturated carbocycles. The summed E-state index contributed by atoms with van der Waals surface area (Å²) in [6, 6.07) is 5.43. The second kappa shape index (κ2) is 7.95. The molecule has 26 heavy (non-hydrogen) atoms. The first-order valence-electron chi connectivity index (χ1n) is 7.14. The number of thiazole rings is 1. The van der Waals surface area contributed by atoms with Crippen LogP contribution in [0.3, 0.4) is 0 Å². The highest BCUT2D eigenvalue weighted by Crippen LogP contribution is 2.23. The summed E-state index contributed by atoms with van der Waals surface area (Å²) in [7, 11) is -3.54. The first kappa shape index (κ1) is 20.0. The molecule has 0 fully saturated rings. The van der Waals surface area contributed by atoms with Gasteiger partial charge in [-0.3, -0.25) is 4.79 Å². The number of Topliss-reactive ketones (excluding diaryl/α,β-unsaturated/α-hetero) is 1. The maximum atomic E-state index is 12.2. The Labute approximate surface area is 159 Å². The Morgan fingerprint density at radius 1 is 1.42 bits per heavy atom. The van der Waals surface area contributed by atoms with Crippen LogP contribution >= 0.6 is 22.9 Å². The monoisotopic (exact) mass is 412 g/mol. The highest BCUT2D eigenvalue weighted by atomic mass is 35.5. The number of carbonyl (C=O) groups excluding carboxylic acids is 2. The van der Waals surface area contributed by atoms with Crippen LogP contribution < -0.4 is 0 Å². The Morgan fingerprint density at radius 3 is 2.65 bits per heavy atom. The largest absolute Gasteiger partial charge is 0.454 e. The number of rotatable bonds is 6. The highest BCUT2D eigenvalue weighted by molar-refractivity contribution is 7.90. The van der Waals surface area contributed by atoms with E-state index in [1.807, 2.05) is 6.07 Å². The van der Waals surface area contributed by atoms with Crippen LogP contribution in [-0.2, 0) is 19.4 Å². The minimum atomic E-state index is -3.54. The van der Waals surface area contributed by atoms with Gasteiger partial charge in [-0.25, -0.2) is 18.2 Å². The molecule has 1 heterocycles. The fourth-order valence-electron chi connectivity index (χ4n) is 1.96. The third-order valence-corrected chi connectivity index (χ3v) is 5.73. The molecule has 0 aliphatic carbocycles. The van der Waals surface area contributed by atoms with Gasteiger partial charge in [0.25, 0.3) is 0 Å². The summed E-state index contributed by atoms with van der Waals surface area (Å²) < 4.78 is 28.1. The van der Waals surface area contributed by atoms with Crippen molar-refractivity contribution in [1.29, 1.82) is 5.26 Å². The van der Waals surface area contributed by atoms with Crippen molar-refractivity contribution in [3.8, 4) is 6.07 Å². The minimum Gasteiger partial charge on any atom is -0.454 e. The van der Waals surface area contributed by atoms with Crippen molar-refractivity contribution in [3.05, 3.63) is 44.9 Å². The number of hydrogen-bond acceptors (Lipinski definition) is 8. The lowest BCUT2D eigenvalue weighted by molar-refractivity contribution is -0.122. The summed E-state index contributed by atoms with van der Waals surface area (Å²) in [5.41, 5.74) is 0.500. The Hall–Kier alpha value is -2.28. The number of halogens is 1. The number of hydrogen-bond donors (Lipinski definition) is 0. The Bertz CT molecular complexity index is 1010. The van der Waals surface area contributed by atoms with Gasteiger partial charge in [-0.1, -0.05) is 11.6 Å². The molecule has 0 amide bonds. The number of ketones is 1. The fraction of sp³-hybridized carbons (Fsp3) is 0.250. The quantitative estimate of drug-likeness (QED) is 0.669. The van der Waals surface area contributed by atoms with E-state index < -0.39 is 34.1 Å². The number of aromatic nitrogens is 1. The number of esters is 1. The molecular formula is C16H13ClN2O5S2. The summed E-state index contributed by atoms with van der Waals surface area (Å²) in [5, 5.41) is 11.2. The maximum Gasteiger partial charge on any atom is 0.340 e. The van der Waals surface area contributed by atoms with E-state index in [9.17, 15) is 23.3 Å². The van der Waals surface area contributed by atoms with Crippen LogP contribution in [-0.4, -0.2) is 38.0 Å². The van der Waals surface area contributed by atoms with E-state index in [4.69, 9.17) is 16.3 Å². The number of ether oxygens (including phenoxy) is 1. The molecule has 1 aromatic carbocycles. The lowest BCUT2D eigenvalue weighted by Crippen LogP contribution is -2.20. The molecule has 0 bridgehead atoms. The lowest BCUT2D eigenvalue weighted by Gasteiger charge is -2.09. The normalized spacial score (nSPS) is 12.2. The van der Waals surface area contributed by atoms with E-state index >= 15 is 0 Å². The van der Waals surface area contributed by atoms with Crippen molar-refractivity contribution < 1.29 is 22.7 Å². The van der Waals surface area contributed by atoms with Crippen LogP contribution in [0.4, 0.5) is 0 Å². The van der Waals surface area contributed by atoms with Crippen LogP contribution in [0.2, 0.25) is 5.02 Å². The van der Waals surface area contributed by atoms with E-state index in [1.54, 1.807) is 12.3 Å². The van der Waals surface area contributed by atoms with E-state index in [2.05, 4.69) is 4.98 Å². The second-order valence-electron chi connectivity index (χ2n) is 5.35. The molecule has 0 N–H and O–H groups in total. The molecule has 7 nitrogen and oxygen atoms in total. The maximum absolute atomic E-state index is 12.2. The van der Waals surface area contributed by atoms with Gasteiger partial charge in [-0.2, -0.15) is 5.26 Å². The van der Waals surface area contributed by atoms with E-state index in [0.717, 1.165) is 12.3 Å². The van der Waals surface area contributed by atoms with E-state index in [0.29, 0.717) is 10.7 Å². The van der Waals surface area contributed by atoms with Gasteiger partial charge in [0.2, 0.25) is 0 Å². The van der Waals surface area contributed by atoms with Crippen LogP contribution in [0.5, 0.6) is 0 Å². The van der Waals surface area contributed by atoms with Crippen molar-refractivity contribution in [2.75, 3.05) is 12.9 Å².